The van der Waals surface area contributed by atoms with Gasteiger partial charge in [-0.3, -0.25) is 4.79 Å². The van der Waals surface area contributed by atoms with Crippen molar-refractivity contribution in [2.24, 2.45) is 0 Å². The van der Waals surface area contributed by atoms with Crippen LogP contribution >= 0.6 is 11.8 Å². The van der Waals surface area contributed by atoms with Crippen molar-refractivity contribution < 1.29 is 13.2 Å². The van der Waals surface area contributed by atoms with Gasteiger partial charge in [0.1, 0.15) is 4.90 Å². The van der Waals surface area contributed by atoms with Gasteiger partial charge in [-0.05, 0) is 25.0 Å². The lowest BCUT2D eigenvalue weighted by Gasteiger charge is -2.19. The zero-order chi connectivity index (χ0) is 17.4. The van der Waals surface area contributed by atoms with Gasteiger partial charge >= 0.3 is 0 Å². The van der Waals surface area contributed by atoms with Crippen molar-refractivity contribution in [1.82, 2.24) is 14.6 Å². The lowest BCUT2D eigenvalue weighted by atomic mass is 10.2. The lowest BCUT2D eigenvalue weighted by Crippen LogP contribution is -2.32. The molecule has 1 N–H and O–H groups in total. The van der Waals surface area contributed by atoms with Gasteiger partial charge in [0.25, 0.3) is 0 Å². The highest BCUT2D eigenvalue weighted by atomic mass is 32.2. The fourth-order valence-electron chi connectivity index (χ4n) is 2.41. The normalized spacial score (nSPS) is 16.3. The predicted molar refractivity (Wildman–Crippen MR) is 95.4 cm³/mol. The first-order valence-electron chi connectivity index (χ1n) is 8.00. The molecule has 0 aliphatic carbocycles. The molecule has 8 heteroatoms. The van der Waals surface area contributed by atoms with E-state index < -0.39 is 10.0 Å². The molecule has 0 aromatic carbocycles. The Hall–Kier alpha value is -1.38. The van der Waals surface area contributed by atoms with Crippen LogP contribution < -0.4 is 5.32 Å². The maximum atomic E-state index is 12.6. The predicted octanol–water partition coefficient (Wildman–Crippen LogP) is 2.04. The van der Waals surface area contributed by atoms with Gasteiger partial charge < -0.3 is 5.32 Å². The van der Waals surface area contributed by atoms with Crippen LogP contribution in [0.25, 0.3) is 0 Å². The molecule has 132 valence electrons. The number of rotatable bonds is 7. The minimum atomic E-state index is -3.47. The van der Waals surface area contributed by atoms with E-state index in [0.717, 1.165) is 25.7 Å². The maximum absolute atomic E-state index is 12.6. The number of carbonyl (C=O) groups excluding carboxylic acids is 1. The van der Waals surface area contributed by atoms with Crippen molar-refractivity contribution in [2.75, 3.05) is 25.4 Å². The van der Waals surface area contributed by atoms with E-state index in [-0.39, 0.29) is 16.6 Å². The first kappa shape index (κ1) is 19.0. The molecule has 0 spiro atoms. The second-order valence-corrected chi connectivity index (χ2v) is 8.47. The summed E-state index contributed by atoms with van der Waals surface area (Å²) in [5, 5.41) is 3.30. The number of aromatic nitrogens is 1. The number of pyridine rings is 1. The van der Waals surface area contributed by atoms with E-state index in [4.69, 9.17) is 0 Å². The summed E-state index contributed by atoms with van der Waals surface area (Å²) in [6.07, 6.45) is 6.95. The number of carbonyl (C=O) groups is 1. The van der Waals surface area contributed by atoms with Crippen LogP contribution in [0.4, 0.5) is 0 Å². The first-order valence-corrected chi connectivity index (χ1v) is 10.4. The molecule has 2 rings (SSSR count). The maximum Gasteiger partial charge on any atom is 0.244 e. The molecule has 1 aliphatic rings. The minimum Gasteiger partial charge on any atom is -0.352 e. The summed E-state index contributed by atoms with van der Waals surface area (Å²) in [7, 11) is -3.47. The molecule has 0 saturated carbocycles. The standard InChI is InChI=1S/C16H23N3O3S2/c1-2-9-17-15(20)13-23-16-8-7-14(12-18-16)24(21,22)19-10-5-3-4-6-11-19/h2,7-8,12H,1,3-6,9-11,13H2,(H,17,20). The van der Waals surface area contributed by atoms with Crippen LogP contribution in [0.5, 0.6) is 0 Å². The fraction of sp³-hybridized carbons (Fsp3) is 0.500. The Morgan fingerprint density at radius 2 is 2.00 bits per heavy atom. The zero-order valence-corrected chi connectivity index (χ0v) is 15.2. The quantitative estimate of drug-likeness (QED) is 0.588. The van der Waals surface area contributed by atoms with Gasteiger partial charge in [-0.1, -0.05) is 30.7 Å². The summed E-state index contributed by atoms with van der Waals surface area (Å²) in [5.41, 5.74) is 0. The second-order valence-electron chi connectivity index (χ2n) is 5.53. The molecule has 2 heterocycles. The molecule has 1 aliphatic heterocycles. The van der Waals surface area contributed by atoms with E-state index >= 15 is 0 Å². The molecule has 1 fully saturated rings. The smallest absolute Gasteiger partial charge is 0.244 e. The van der Waals surface area contributed by atoms with Crippen LogP contribution in [0.2, 0.25) is 0 Å². The van der Waals surface area contributed by atoms with Crippen LogP contribution in [0.3, 0.4) is 0 Å². The largest absolute Gasteiger partial charge is 0.352 e. The van der Waals surface area contributed by atoms with Crippen molar-refractivity contribution in [3.63, 3.8) is 0 Å². The summed E-state index contributed by atoms with van der Waals surface area (Å²) in [6, 6.07) is 3.22. The van der Waals surface area contributed by atoms with Crippen molar-refractivity contribution in [3.8, 4) is 0 Å². The molecular weight excluding hydrogens is 346 g/mol. The average molecular weight is 370 g/mol. The summed E-state index contributed by atoms with van der Waals surface area (Å²) in [4.78, 5) is 15.9. The van der Waals surface area contributed by atoms with E-state index in [9.17, 15) is 13.2 Å². The molecule has 1 aromatic rings. The molecule has 1 amide bonds. The summed E-state index contributed by atoms with van der Waals surface area (Å²) in [5.74, 6) is 0.127. The Morgan fingerprint density at radius 1 is 1.29 bits per heavy atom. The van der Waals surface area contributed by atoms with E-state index in [2.05, 4.69) is 16.9 Å². The third-order valence-corrected chi connectivity index (χ3v) is 6.53. The average Bonchev–Trinajstić information content (AvgIpc) is 2.88. The van der Waals surface area contributed by atoms with Crippen molar-refractivity contribution in [1.29, 1.82) is 0 Å². The third-order valence-electron chi connectivity index (χ3n) is 3.71. The van der Waals surface area contributed by atoms with Gasteiger partial charge in [0.15, 0.2) is 0 Å². The van der Waals surface area contributed by atoms with Crippen LogP contribution in [0.15, 0.2) is 40.9 Å². The Kier molecular flexibility index (Phi) is 7.26. The molecule has 0 radical (unpaired) electrons. The number of sulfonamides is 1. The highest BCUT2D eigenvalue weighted by Gasteiger charge is 2.25. The number of amides is 1. The molecule has 0 unspecified atom stereocenters. The van der Waals surface area contributed by atoms with E-state index in [1.807, 2.05) is 0 Å². The van der Waals surface area contributed by atoms with Crippen LogP contribution in [-0.2, 0) is 14.8 Å². The van der Waals surface area contributed by atoms with Gasteiger partial charge in [-0.15, -0.1) is 6.58 Å². The fourth-order valence-corrected chi connectivity index (χ4v) is 4.55. The number of nitrogens with zero attached hydrogens (tertiary/aromatic N) is 2. The lowest BCUT2D eigenvalue weighted by molar-refractivity contribution is -0.118. The second kappa shape index (κ2) is 9.19. The van der Waals surface area contributed by atoms with Gasteiger partial charge in [-0.2, -0.15) is 4.31 Å². The zero-order valence-electron chi connectivity index (χ0n) is 13.6. The Balaban J connectivity index is 1.97. The molecular formula is C16H23N3O3S2. The third kappa shape index (κ3) is 5.32. The van der Waals surface area contributed by atoms with Crippen LogP contribution in [-0.4, -0.2) is 49.0 Å². The number of hydrogen-bond acceptors (Lipinski definition) is 5. The number of hydrogen-bond donors (Lipinski definition) is 1. The number of nitrogens with one attached hydrogen (secondary N) is 1. The van der Waals surface area contributed by atoms with Gasteiger partial charge in [0.05, 0.1) is 10.8 Å². The van der Waals surface area contributed by atoms with Gasteiger partial charge in [0, 0.05) is 25.8 Å². The molecule has 24 heavy (non-hydrogen) atoms. The van der Waals surface area contributed by atoms with Crippen molar-refractivity contribution in [3.05, 3.63) is 31.0 Å². The van der Waals surface area contributed by atoms with Crippen LogP contribution in [0.1, 0.15) is 25.7 Å². The summed E-state index contributed by atoms with van der Waals surface area (Å²) < 4.78 is 26.8. The molecule has 0 bridgehead atoms. The molecule has 1 aromatic heterocycles. The Morgan fingerprint density at radius 3 is 2.58 bits per heavy atom. The minimum absolute atomic E-state index is 0.108. The topological polar surface area (TPSA) is 79.4 Å². The first-order chi connectivity index (χ1) is 11.5. The molecule has 6 nitrogen and oxygen atoms in total. The van der Waals surface area contributed by atoms with E-state index in [1.54, 1.807) is 22.5 Å². The van der Waals surface area contributed by atoms with Gasteiger partial charge in [-0.25, -0.2) is 13.4 Å². The van der Waals surface area contributed by atoms with Crippen molar-refractivity contribution in [2.45, 2.75) is 35.6 Å². The molecule has 1 saturated heterocycles. The Bertz CT molecular complexity index is 652. The Labute approximate surface area is 147 Å². The number of thioether (sulfide) groups is 1. The monoisotopic (exact) mass is 369 g/mol. The summed E-state index contributed by atoms with van der Waals surface area (Å²) in [6.45, 7) is 5.11. The van der Waals surface area contributed by atoms with Crippen molar-refractivity contribution >= 4 is 27.7 Å². The van der Waals surface area contributed by atoms with Gasteiger partial charge in [0.2, 0.25) is 15.9 Å². The van der Waals surface area contributed by atoms with E-state index in [0.29, 0.717) is 24.7 Å². The summed E-state index contributed by atoms with van der Waals surface area (Å²) >= 11 is 1.27. The molecule has 0 atom stereocenters. The van der Waals surface area contributed by atoms with Crippen LogP contribution in [0, 0.1) is 0 Å². The highest BCUT2D eigenvalue weighted by Crippen LogP contribution is 2.22. The highest BCUT2D eigenvalue weighted by molar-refractivity contribution is 7.99. The van der Waals surface area contributed by atoms with E-state index in [1.165, 1.54) is 18.0 Å². The SMILES string of the molecule is C=CCNC(=O)CSc1ccc(S(=O)(=O)N2CCCCCC2)cn1.